The maximum Gasteiger partial charge on any atom is 0.309 e. The van der Waals surface area contributed by atoms with Gasteiger partial charge in [-0.3, -0.25) is 4.79 Å². The molecule has 0 aliphatic carbocycles. The number of carboxylic acids is 1. The van der Waals surface area contributed by atoms with Crippen LogP contribution in [0.1, 0.15) is 5.69 Å². The molecule has 0 aliphatic heterocycles. The number of halogens is 1. The molecule has 3 rings (SSSR count). The van der Waals surface area contributed by atoms with E-state index in [0.717, 1.165) is 16.5 Å². The number of hydrogen-bond acceptors (Lipinski definition) is 2. The van der Waals surface area contributed by atoms with E-state index in [0.29, 0.717) is 16.1 Å². The van der Waals surface area contributed by atoms with E-state index in [9.17, 15) is 4.79 Å². The summed E-state index contributed by atoms with van der Waals surface area (Å²) in [4.78, 5) is 18.3. The molecule has 5 nitrogen and oxygen atoms in total. The van der Waals surface area contributed by atoms with Gasteiger partial charge in [0, 0.05) is 29.7 Å². The minimum atomic E-state index is -0.886. The van der Waals surface area contributed by atoms with Crippen LogP contribution in [-0.2, 0) is 18.3 Å². The van der Waals surface area contributed by atoms with E-state index in [2.05, 4.69) is 25.9 Å². The summed E-state index contributed by atoms with van der Waals surface area (Å²) in [5.41, 5.74) is 3.29. The number of carbonyl (C=O) groups is 1. The highest BCUT2D eigenvalue weighted by Crippen LogP contribution is 2.32. The number of para-hydroxylation sites is 1. The Morgan fingerprint density at radius 1 is 1.45 bits per heavy atom. The van der Waals surface area contributed by atoms with Crippen molar-refractivity contribution in [3.8, 4) is 11.3 Å². The Kier molecular flexibility index (Phi) is 3.10. The fourth-order valence-corrected chi connectivity index (χ4v) is 2.83. The molecule has 2 N–H and O–H groups in total. The van der Waals surface area contributed by atoms with Crippen LogP contribution in [0.25, 0.3) is 22.2 Å². The molecule has 2 heterocycles. The van der Waals surface area contributed by atoms with E-state index >= 15 is 0 Å². The number of aromatic amines is 1. The summed E-state index contributed by atoms with van der Waals surface area (Å²) in [7, 11) is 1.96. The summed E-state index contributed by atoms with van der Waals surface area (Å²) in [6, 6.07) is 7.98. The molecule has 0 spiro atoms. The summed E-state index contributed by atoms with van der Waals surface area (Å²) in [6.07, 6.45) is 1.88. The molecule has 0 saturated carbocycles. The van der Waals surface area contributed by atoms with Crippen LogP contribution in [0.2, 0.25) is 0 Å². The first-order valence-corrected chi connectivity index (χ1v) is 6.86. The van der Waals surface area contributed by atoms with Crippen LogP contribution in [0.3, 0.4) is 0 Å². The number of carboxylic acid groups (broad SMARTS) is 1. The Balaban J connectivity index is 2.23. The van der Waals surface area contributed by atoms with Gasteiger partial charge in [0.2, 0.25) is 0 Å². The second kappa shape index (κ2) is 4.79. The lowest BCUT2D eigenvalue weighted by atomic mass is 10.1. The van der Waals surface area contributed by atoms with Crippen LogP contribution in [0.4, 0.5) is 0 Å². The smallest absolute Gasteiger partial charge is 0.309 e. The lowest BCUT2D eigenvalue weighted by molar-refractivity contribution is -0.136. The third-order valence-corrected chi connectivity index (χ3v) is 3.61. The van der Waals surface area contributed by atoms with E-state index in [1.165, 1.54) is 0 Å². The van der Waals surface area contributed by atoms with Gasteiger partial charge < -0.3 is 14.7 Å². The molecule has 0 saturated heterocycles. The van der Waals surface area contributed by atoms with Crippen molar-refractivity contribution in [2.45, 2.75) is 6.42 Å². The average Bonchev–Trinajstić information content (AvgIpc) is 2.90. The van der Waals surface area contributed by atoms with Gasteiger partial charge in [-0.15, -0.1) is 0 Å². The van der Waals surface area contributed by atoms with Crippen LogP contribution in [0, 0.1) is 0 Å². The Morgan fingerprint density at radius 3 is 2.95 bits per heavy atom. The van der Waals surface area contributed by atoms with Gasteiger partial charge in [0.15, 0.2) is 4.73 Å². The van der Waals surface area contributed by atoms with Gasteiger partial charge in [-0.1, -0.05) is 18.2 Å². The molecule has 102 valence electrons. The second-order valence-corrected chi connectivity index (χ2v) is 5.35. The number of rotatable bonds is 3. The highest BCUT2D eigenvalue weighted by Gasteiger charge is 2.17. The molecule has 0 amide bonds. The molecule has 0 radical (unpaired) electrons. The fourth-order valence-electron chi connectivity index (χ4n) is 2.41. The summed E-state index contributed by atoms with van der Waals surface area (Å²) < 4.78 is 2.55. The summed E-state index contributed by atoms with van der Waals surface area (Å²) in [6.45, 7) is 0. The Morgan fingerprint density at radius 2 is 2.20 bits per heavy atom. The van der Waals surface area contributed by atoms with E-state index in [1.54, 1.807) is 0 Å². The molecule has 2 aromatic heterocycles. The number of aromatic nitrogens is 3. The van der Waals surface area contributed by atoms with E-state index in [-0.39, 0.29) is 6.42 Å². The van der Waals surface area contributed by atoms with Crippen molar-refractivity contribution in [1.82, 2.24) is 14.5 Å². The molecular weight excluding hydrogens is 322 g/mol. The molecule has 0 atom stereocenters. The number of benzene rings is 1. The van der Waals surface area contributed by atoms with Crippen LogP contribution in [0.15, 0.2) is 35.2 Å². The van der Waals surface area contributed by atoms with Gasteiger partial charge in [0.05, 0.1) is 17.8 Å². The zero-order valence-corrected chi connectivity index (χ0v) is 12.3. The summed E-state index contributed by atoms with van der Waals surface area (Å²) in [5, 5.41) is 10.1. The molecule has 0 unspecified atom stereocenters. The number of H-pyrrole nitrogens is 1. The van der Waals surface area contributed by atoms with Crippen molar-refractivity contribution in [3.05, 3.63) is 40.9 Å². The second-order valence-electron chi connectivity index (χ2n) is 4.60. The number of aryl methyl sites for hydroxylation is 1. The topological polar surface area (TPSA) is 70.9 Å². The average molecular weight is 334 g/mol. The van der Waals surface area contributed by atoms with Gasteiger partial charge in [0.1, 0.15) is 0 Å². The molecule has 0 fully saturated rings. The van der Waals surface area contributed by atoms with Crippen LogP contribution in [-0.4, -0.2) is 25.6 Å². The van der Waals surface area contributed by atoms with Gasteiger partial charge in [0.25, 0.3) is 0 Å². The van der Waals surface area contributed by atoms with E-state index < -0.39 is 5.97 Å². The minimum absolute atomic E-state index is 0.0862. The summed E-state index contributed by atoms with van der Waals surface area (Å²) in [5.74, 6) is -0.886. The highest BCUT2D eigenvalue weighted by molar-refractivity contribution is 9.10. The Labute approximate surface area is 123 Å². The van der Waals surface area contributed by atoms with Crippen molar-refractivity contribution in [2.24, 2.45) is 7.05 Å². The lowest BCUT2D eigenvalue weighted by Gasteiger charge is -1.98. The molecule has 3 aromatic rings. The SMILES string of the molecule is Cn1cc(-c2nc(Br)[nH]c2CC(=O)O)c2ccccc21. The zero-order chi connectivity index (χ0) is 14.3. The third kappa shape index (κ3) is 2.12. The summed E-state index contributed by atoms with van der Waals surface area (Å²) >= 11 is 3.27. The van der Waals surface area contributed by atoms with Crippen LogP contribution >= 0.6 is 15.9 Å². The van der Waals surface area contributed by atoms with E-state index in [4.69, 9.17) is 5.11 Å². The first kappa shape index (κ1) is 12.9. The van der Waals surface area contributed by atoms with Gasteiger partial charge in [-0.2, -0.15) is 0 Å². The largest absolute Gasteiger partial charge is 0.481 e. The highest BCUT2D eigenvalue weighted by atomic mass is 79.9. The van der Waals surface area contributed by atoms with Crippen molar-refractivity contribution >= 4 is 32.8 Å². The minimum Gasteiger partial charge on any atom is -0.481 e. The van der Waals surface area contributed by atoms with Crippen LogP contribution in [0.5, 0.6) is 0 Å². The first-order valence-electron chi connectivity index (χ1n) is 6.07. The fraction of sp³-hybridized carbons (Fsp3) is 0.143. The number of nitrogens with one attached hydrogen (secondary N) is 1. The third-order valence-electron chi connectivity index (χ3n) is 3.23. The standard InChI is InChI=1S/C14H12BrN3O2/c1-18-7-9(8-4-2-3-5-11(8)18)13-10(6-12(19)20)16-14(15)17-13/h2-5,7H,6H2,1H3,(H,16,17)(H,19,20). The Bertz CT molecular complexity index is 804. The van der Waals surface area contributed by atoms with Crippen molar-refractivity contribution in [1.29, 1.82) is 0 Å². The zero-order valence-electron chi connectivity index (χ0n) is 10.7. The number of nitrogens with zero attached hydrogens (tertiary/aromatic N) is 2. The molecule has 6 heteroatoms. The van der Waals surface area contributed by atoms with Crippen molar-refractivity contribution in [3.63, 3.8) is 0 Å². The van der Waals surface area contributed by atoms with Gasteiger partial charge >= 0.3 is 5.97 Å². The number of aliphatic carboxylic acids is 1. The maximum absolute atomic E-state index is 11.0. The number of imidazole rings is 1. The number of fused-ring (bicyclic) bond motifs is 1. The predicted octanol–water partition coefficient (Wildman–Crippen LogP) is 2.96. The molecule has 0 aliphatic rings. The number of hydrogen-bond donors (Lipinski definition) is 2. The normalized spacial score (nSPS) is 11.1. The molecular formula is C14H12BrN3O2. The Hall–Kier alpha value is -2.08. The first-order chi connectivity index (χ1) is 9.56. The van der Waals surface area contributed by atoms with Gasteiger partial charge in [-0.25, -0.2) is 4.98 Å². The van der Waals surface area contributed by atoms with Crippen molar-refractivity contribution in [2.75, 3.05) is 0 Å². The van der Waals surface area contributed by atoms with Crippen LogP contribution < -0.4 is 0 Å². The monoisotopic (exact) mass is 333 g/mol. The lowest BCUT2D eigenvalue weighted by Crippen LogP contribution is -2.01. The molecule has 0 bridgehead atoms. The predicted molar refractivity (Wildman–Crippen MR) is 79.5 cm³/mol. The molecule has 1 aromatic carbocycles. The maximum atomic E-state index is 11.0. The van der Waals surface area contributed by atoms with E-state index in [1.807, 2.05) is 42.1 Å². The quantitative estimate of drug-likeness (QED) is 0.774. The van der Waals surface area contributed by atoms with Gasteiger partial charge in [-0.05, 0) is 22.0 Å². The molecule has 20 heavy (non-hydrogen) atoms. The van der Waals surface area contributed by atoms with Crippen molar-refractivity contribution < 1.29 is 9.90 Å².